The van der Waals surface area contributed by atoms with Crippen LogP contribution in [0.4, 0.5) is 11.4 Å². The number of para-hydroxylation sites is 1. The van der Waals surface area contributed by atoms with Gasteiger partial charge in [-0.1, -0.05) is 29.8 Å². The van der Waals surface area contributed by atoms with E-state index in [1.54, 1.807) is 6.07 Å². The van der Waals surface area contributed by atoms with Crippen molar-refractivity contribution in [1.82, 2.24) is 5.32 Å². The summed E-state index contributed by atoms with van der Waals surface area (Å²) in [5.74, 6) is -0.137. The minimum atomic E-state index is -0.137. The molecule has 0 bridgehead atoms. The van der Waals surface area contributed by atoms with Gasteiger partial charge in [0.05, 0.1) is 17.4 Å². The number of aryl methyl sites for hydroxylation is 1. The highest BCUT2D eigenvalue weighted by Gasteiger charge is 2.18. The molecule has 1 atom stereocenters. The molecular weight excluding hydrogens is 346 g/mol. The van der Waals surface area contributed by atoms with Crippen molar-refractivity contribution in [2.24, 2.45) is 0 Å². The minimum Gasteiger partial charge on any atom is -0.376 e. The summed E-state index contributed by atoms with van der Waals surface area (Å²) >= 11 is 5.38. The van der Waals surface area contributed by atoms with E-state index in [1.807, 2.05) is 49.4 Å². The van der Waals surface area contributed by atoms with Crippen LogP contribution in [0, 0.1) is 6.92 Å². The largest absolute Gasteiger partial charge is 0.376 e. The fraction of sp³-hybridized carbons (Fsp3) is 0.300. The van der Waals surface area contributed by atoms with E-state index >= 15 is 0 Å². The number of thiocarbonyl (C=S) groups is 1. The molecule has 2 aromatic rings. The van der Waals surface area contributed by atoms with Crippen LogP contribution in [0.5, 0.6) is 0 Å². The third kappa shape index (κ3) is 5.03. The van der Waals surface area contributed by atoms with Crippen LogP contribution in [0.15, 0.2) is 48.5 Å². The number of anilines is 2. The first kappa shape index (κ1) is 18.4. The Balaban J connectivity index is 1.61. The van der Waals surface area contributed by atoms with Gasteiger partial charge in [-0.3, -0.25) is 4.79 Å². The molecule has 0 aromatic heterocycles. The Hall–Kier alpha value is -2.44. The number of hydrogen-bond acceptors (Lipinski definition) is 3. The van der Waals surface area contributed by atoms with Crippen LogP contribution in [-0.2, 0) is 4.74 Å². The van der Waals surface area contributed by atoms with Gasteiger partial charge in [0.1, 0.15) is 0 Å². The maximum absolute atomic E-state index is 12.5. The van der Waals surface area contributed by atoms with E-state index in [1.165, 1.54) is 5.56 Å². The second-order valence-corrected chi connectivity index (χ2v) is 6.74. The molecule has 0 unspecified atom stereocenters. The van der Waals surface area contributed by atoms with Gasteiger partial charge < -0.3 is 20.7 Å². The van der Waals surface area contributed by atoms with Gasteiger partial charge in [-0.15, -0.1) is 0 Å². The molecule has 0 aliphatic carbocycles. The number of rotatable bonds is 5. The van der Waals surface area contributed by atoms with Crippen LogP contribution >= 0.6 is 12.2 Å². The highest BCUT2D eigenvalue weighted by atomic mass is 32.1. The second-order valence-electron chi connectivity index (χ2n) is 6.34. The first-order chi connectivity index (χ1) is 12.6. The molecule has 1 aliphatic rings. The van der Waals surface area contributed by atoms with Crippen molar-refractivity contribution in [3.8, 4) is 0 Å². The molecule has 1 heterocycles. The van der Waals surface area contributed by atoms with Gasteiger partial charge in [0.2, 0.25) is 0 Å². The Kier molecular flexibility index (Phi) is 6.20. The summed E-state index contributed by atoms with van der Waals surface area (Å²) in [5.41, 5.74) is 3.30. The van der Waals surface area contributed by atoms with Crippen LogP contribution < -0.4 is 16.0 Å². The molecule has 1 fully saturated rings. The predicted octanol–water partition coefficient (Wildman–Crippen LogP) is 3.71. The van der Waals surface area contributed by atoms with Crippen molar-refractivity contribution >= 4 is 34.6 Å². The first-order valence-corrected chi connectivity index (χ1v) is 9.16. The molecule has 0 spiro atoms. The fourth-order valence-electron chi connectivity index (χ4n) is 2.82. The van der Waals surface area contributed by atoms with Crippen molar-refractivity contribution < 1.29 is 9.53 Å². The number of carbonyl (C=O) groups excluding carboxylic acids is 1. The minimum absolute atomic E-state index is 0.114. The van der Waals surface area contributed by atoms with Crippen molar-refractivity contribution in [3.05, 3.63) is 59.7 Å². The van der Waals surface area contributed by atoms with E-state index in [0.29, 0.717) is 22.9 Å². The van der Waals surface area contributed by atoms with E-state index in [4.69, 9.17) is 17.0 Å². The maximum Gasteiger partial charge on any atom is 0.253 e. The number of amides is 1. The third-order valence-corrected chi connectivity index (χ3v) is 4.45. The quantitative estimate of drug-likeness (QED) is 0.701. The zero-order chi connectivity index (χ0) is 18.4. The van der Waals surface area contributed by atoms with Crippen LogP contribution in [0.3, 0.4) is 0 Å². The fourth-order valence-corrected chi connectivity index (χ4v) is 3.05. The van der Waals surface area contributed by atoms with Crippen molar-refractivity contribution in [3.63, 3.8) is 0 Å². The predicted molar refractivity (Wildman–Crippen MR) is 109 cm³/mol. The Morgan fingerprint density at radius 3 is 2.65 bits per heavy atom. The number of ether oxygens (including phenoxy) is 1. The standard InChI is InChI=1S/C20H23N3O2S/c1-14-8-10-15(11-9-14)22-20(26)23-18-7-3-2-6-17(18)19(24)21-13-16-5-4-12-25-16/h2-3,6-11,16H,4-5,12-13H2,1H3,(H,21,24)(H2,22,23,26)/t16-/m0/s1. The lowest BCUT2D eigenvalue weighted by atomic mass is 10.1. The summed E-state index contributed by atoms with van der Waals surface area (Å²) in [7, 11) is 0. The Labute approximate surface area is 159 Å². The highest BCUT2D eigenvalue weighted by Crippen LogP contribution is 2.17. The van der Waals surface area contributed by atoms with Gasteiger partial charge in [-0.05, 0) is 56.2 Å². The van der Waals surface area contributed by atoms with Gasteiger partial charge in [-0.25, -0.2) is 0 Å². The Morgan fingerprint density at radius 2 is 1.92 bits per heavy atom. The lowest BCUT2D eigenvalue weighted by molar-refractivity contribution is 0.0858. The molecule has 2 aromatic carbocycles. The van der Waals surface area contributed by atoms with E-state index < -0.39 is 0 Å². The van der Waals surface area contributed by atoms with Crippen LogP contribution in [0.2, 0.25) is 0 Å². The monoisotopic (exact) mass is 369 g/mol. The van der Waals surface area contributed by atoms with Gasteiger partial charge in [0.15, 0.2) is 5.11 Å². The van der Waals surface area contributed by atoms with E-state index in [0.717, 1.165) is 25.1 Å². The van der Waals surface area contributed by atoms with Crippen molar-refractivity contribution in [2.75, 3.05) is 23.8 Å². The second kappa shape index (κ2) is 8.78. The molecular formula is C20H23N3O2S. The average Bonchev–Trinajstić information content (AvgIpc) is 3.16. The normalized spacial score (nSPS) is 16.1. The SMILES string of the molecule is Cc1ccc(NC(=S)Nc2ccccc2C(=O)NC[C@@H]2CCCO2)cc1. The molecule has 3 N–H and O–H groups in total. The molecule has 136 valence electrons. The lowest BCUT2D eigenvalue weighted by Gasteiger charge is -2.15. The topological polar surface area (TPSA) is 62.4 Å². The number of benzene rings is 2. The highest BCUT2D eigenvalue weighted by molar-refractivity contribution is 7.80. The van der Waals surface area contributed by atoms with E-state index in [-0.39, 0.29) is 12.0 Å². The summed E-state index contributed by atoms with van der Waals surface area (Å²) in [6, 6.07) is 15.3. The molecule has 26 heavy (non-hydrogen) atoms. The summed E-state index contributed by atoms with van der Waals surface area (Å²) in [5, 5.41) is 9.62. The number of carbonyl (C=O) groups is 1. The number of nitrogens with one attached hydrogen (secondary N) is 3. The zero-order valence-electron chi connectivity index (χ0n) is 14.7. The Bertz CT molecular complexity index is 771. The summed E-state index contributed by atoms with van der Waals surface area (Å²) in [6.45, 7) is 3.34. The summed E-state index contributed by atoms with van der Waals surface area (Å²) < 4.78 is 5.55. The summed E-state index contributed by atoms with van der Waals surface area (Å²) in [4.78, 5) is 12.5. The molecule has 1 amide bonds. The summed E-state index contributed by atoms with van der Waals surface area (Å²) in [6.07, 6.45) is 2.16. The smallest absolute Gasteiger partial charge is 0.253 e. The zero-order valence-corrected chi connectivity index (χ0v) is 15.6. The van der Waals surface area contributed by atoms with E-state index in [2.05, 4.69) is 16.0 Å². The van der Waals surface area contributed by atoms with Gasteiger partial charge in [-0.2, -0.15) is 0 Å². The lowest BCUT2D eigenvalue weighted by Crippen LogP contribution is -2.32. The molecule has 5 nitrogen and oxygen atoms in total. The molecule has 0 radical (unpaired) electrons. The molecule has 0 saturated carbocycles. The van der Waals surface area contributed by atoms with Crippen LogP contribution in [0.25, 0.3) is 0 Å². The van der Waals surface area contributed by atoms with Gasteiger partial charge in [0, 0.05) is 18.8 Å². The third-order valence-electron chi connectivity index (χ3n) is 4.24. The van der Waals surface area contributed by atoms with Crippen molar-refractivity contribution in [2.45, 2.75) is 25.9 Å². The van der Waals surface area contributed by atoms with Crippen LogP contribution in [-0.4, -0.2) is 30.3 Å². The van der Waals surface area contributed by atoms with E-state index in [9.17, 15) is 4.79 Å². The van der Waals surface area contributed by atoms with Gasteiger partial charge in [0.25, 0.3) is 5.91 Å². The van der Waals surface area contributed by atoms with Crippen LogP contribution in [0.1, 0.15) is 28.8 Å². The van der Waals surface area contributed by atoms with Crippen molar-refractivity contribution in [1.29, 1.82) is 0 Å². The van der Waals surface area contributed by atoms with Gasteiger partial charge >= 0.3 is 0 Å². The Morgan fingerprint density at radius 1 is 1.15 bits per heavy atom. The first-order valence-electron chi connectivity index (χ1n) is 8.75. The average molecular weight is 369 g/mol. The molecule has 3 rings (SSSR count). The molecule has 1 aliphatic heterocycles. The maximum atomic E-state index is 12.5. The molecule has 6 heteroatoms. The molecule has 1 saturated heterocycles. The number of hydrogen-bond donors (Lipinski definition) is 3.